The first kappa shape index (κ1) is 13.8. The molecule has 3 heterocycles. The van der Waals surface area contributed by atoms with Crippen molar-refractivity contribution in [2.45, 2.75) is 25.4 Å². The SMILES string of the molecule is CCCC1(O)CN(C(=O)c2ccc(-n3ccnc3)nc2)C1. The molecule has 0 atom stereocenters. The van der Waals surface area contributed by atoms with E-state index in [9.17, 15) is 9.90 Å². The Morgan fingerprint density at radius 3 is 2.81 bits per heavy atom. The number of pyridine rings is 1. The van der Waals surface area contributed by atoms with Gasteiger partial charge in [0.1, 0.15) is 12.1 Å². The number of nitrogens with zero attached hydrogens (tertiary/aromatic N) is 4. The first-order valence-corrected chi connectivity index (χ1v) is 7.07. The predicted molar refractivity (Wildman–Crippen MR) is 77.1 cm³/mol. The summed E-state index contributed by atoms with van der Waals surface area (Å²) in [7, 11) is 0. The smallest absolute Gasteiger partial charge is 0.255 e. The molecule has 1 N–H and O–H groups in total. The van der Waals surface area contributed by atoms with Gasteiger partial charge in [0.15, 0.2) is 0 Å². The van der Waals surface area contributed by atoms with E-state index < -0.39 is 5.60 Å². The lowest BCUT2D eigenvalue weighted by Gasteiger charge is -2.46. The summed E-state index contributed by atoms with van der Waals surface area (Å²) >= 11 is 0. The van der Waals surface area contributed by atoms with Crippen molar-refractivity contribution in [2.75, 3.05) is 13.1 Å². The van der Waals surface area contributed by atoms with Crippen molar-refractivity contribution >= 4 is 5.91 Å². The van der Waals surface area contributed by atoms with Crippen LogP contribution in [0.25, 0.3) is 5.82 Å². The van der Waals surface area contributed by atoms with Gasteiger partial charge >= 0.3 is 0 Å². The van der Waals surface area contributed by atoms with Gasteiger partial charge in [-0.05, 0) is 18.6 Å². The molecule has 0 aliphatic carbocycles. The number of aromatic nitrogens is 3. The number of likely N-dealkylation sites (tertiary alicyclic amines) is 1. The highest BCUT2D eigenvalue weighted by Gasteiger charge is 2.42. The molecule has 2 aromatic heterocycles. The van der Waals surface area contributed by atoms with Crippen LogP contribution in [0.5, 0.6) is 0 Å². The molecular weight excluding hydrogens is 268 g/mol. The highest BCUT2D eigenvalue weighted by atomic mass is 16.3. The molecule has 1 amide bonds. The number of hydrogen-bond acceptors (Lipinski definition) is 4. The average Bonchev–Trinajstić information content (AvgIpc) is 2.98. The summed E-state index contributed by atoms with van der Waals surface area (Å²) in [6.45, 7) is 2.84. The van der Waals surface area contributed by atoms with Crippen molar-refractivity contribution in [3.05, 3.63) is 42.6 Å². The van der Waals surface area contributed by atoms with Crippen LogP contribution in [0, 0.1) is 0 Å². The fourth-order valence-corrected chi connectivity index (χ4v) is 2.67. The number of aliphatic hydroxyl groups is 1. The van der Waals surface area contributed by atoms with Crippen LogP contribution >= 0.6 is 0 Å². The molecule has 1 aliphatic heterocycles. The lowest BCUT2D eigenvalue weighted by molar-refractivity contribution is -0.0860. The molecule has 6 heteroatoms. The minimum Gasteiger partial charge on any atom is -0.386 e. The summed E-state index contributed by atoms with van der Waals surface area (Å²) in [6, 6.07) is 3.54. The first-order chi connectivity index (χ1) is 10.1. The summed E-state index contributed by atoms with van der Waals surface area (Å²) in [5, 5.41) is 10.1. The van der Waals surface area contributed by atoms with Gasteiger partial charge in [-0.3, -0.25) is 9.36 Å². The fourth-order valence-electron chi connectivity index (χ4n) is 2.67. The number of imidazole rings is 1. The van der Waals surface area contributed by atoms with Gasteiger partial charge in [0, 0.05) is 18.6 Å². The summed E-state index contributed by atoms with van der Waals surface area (Å²) in [4.78, 5) is 22.2. The summed E-state index contributed by atoms with van der Waals surface area (Å²) in [5.74, 6) is 0.635. The molecule has 110 valence electrons. The Morgan fingerprint density at radius 1 is 1.43 bits per heavy atom. The molecule has 1 aliphatic rings. The maximum absolute atomic E-state index is 12.3. The van der Waals surface area contributed by atoms with Crippen LogP contribution in [-0.4, -0.2) is 49.1 Å². The molecule has 1 saturated heterocycles. The molecule has 2 aromatic rings. The van der Waals surface area contributed by atoms with E-state index in [-0.39, 0.29) is 5.91 Å². The van der Waals surface area contributed by atoms with Gasteiger partial charge in [-0.25, -0.2) is 9.97 Å². The molecule has 1 fully saturated rings. The van der Waals surface area contributed by atoms with Gasteiger partial charge in [0.2, 0.25) is 0 Å². The molecule has 0 spiro atoms. The maximum atomic E-state index is 12.3. The van der Waals surface area contributed by atoms with E-state index in [0.717, 1.165) is 18.7 Å². The Labute approximate surface area is 123 Å². The van der Waals surface area contributed by atoms with E-state index in [0.29, 0.717) is 18.7 Å². The number of amides is 1. The van der Waals surface area contributed by atoms with E-state index in [1.807, 2.05) is 6.92 Å². The lowest BCUT2D eigenvalue weighted by atomic mass is 9.89. The van der Waals surface area contributed by atoms with Gasteiger partial charge in [0.25, 0.3) is 5.91 Å². The zero-order chi connectivity index (χ0) is 14.9. The van der Waals surface area contributed by atoms with Crippen molar-refractivity contribution in [3.63, 3.8) is 0 Å². The van der Waals surface area contributed by atoms with Gasteiger partial charge in [-0.2, -0.15) is 0 Å². The van der Waals surface area contributed by atoms with Crippen LogP contribution in [0.2, 0.25) is 0 Å². The second-order valence-corrected chi connectivity index (χ2v) is 5.51. The molecule has 0 aromatic carbocycles. The molecule has 0 unspecified atom stereocenters. The van der Waals surface area contributed by atoms with E-state index in [2.05, 4.69) is 9.97 Å². The Morgan fingerprint density at radius 2 is 2.24 bits per heavy atom. The maximum Gasteiger partial charge on any atom is 0.255 e. The summed E-state index contributed by atoms with van der Waals surface area (Å²) < 4.78 is 1.78. The number of carbonyl (C=O) groups excluding carboxylic acids is 1. The first-order valence-electron chi connectivity index (χ1n) is 7.07. The summed E-state index contributed by atoms with van der Waals surface area (Å²) in [5.41, 5.74) is -0.161. The van der Waals surface area contributed by atoms with E-state index >= 15 is 0 Å². The van der Waals surface area contributed by atoms with Crippen LogP contribution in [-0.2, 0) is 0 Å². The van der Waals surface area contributed by atoms with Crippen LogP contribution in [0.4, 0.5) is 0 Å². The molecular formula is C15H18N4O2. The van der Waals surface area contributed by atoms with Crippen molar-refractivity contribution in [1.82, 2.24) is 19.4 Å². The number of carbonyl (C=O) groups is 1. The molecule has 3 rings (SSSR count). The van der Waals surface area contributed by atoms with Gasteiger partial charge < -0.3 is 10.0 Å². The number of β-amino-alcohol motifs (C(OH)–C–C–N with tert-alkyl or cyclic N) is 1. The standard InChI is InChI=1S/C15H18N4O2/c1-2-5-15(21)9-19(10-15)14(20)12-3-4-13(17-8-12)18-7-6-16-11-18/h3-4,6-8,11,21H,2,5,9-10H2,1H3. The molecule has 0 saturated carbocycles. The van der Waals surface area contributed by atoms with Crippen LogP contribution in [0.3, 0.4) is 0 Å². The molecule has 6 nitrogen and oxygen atoms in total. The largest absolute Gasteiger partial charge is 0.386 e. The average molecular weight is 286 g/mol. The van der Waals surface area contributed by atoms with Crippen molar-refractivity contribution < 1.29 is 9.90 Å². The van der Waals surface area contributed by atoms with E-state index in [1.54, 1.807) is 46.5 Å². The highest BCUT2D eigenvalue weighted by molar-refractivity contribution is 5.94. The number of rotatable bonds is 4. The van der Waals surface area contributed by atoms with Crippen molar-refractivity contribution in [2.24, 2.45) is 0 Å². The van der Waals surface area contributed by atoms with E-state index in [1.165, 1.54) is 0 Å². The summed E-state index contributed by atoms with van der Waals surface area (Å²) in [6.07, 6.45) is 8.34. The minimum absolute atomic E-state index is 0.0829. The zero-order valence-electron chi connectivity index (χ0n) is 11.9. The molecule has 0 bridgehead atoms. The lowest BCUT2D eigenvalue weighted by Crippen LogP contribution is -2.63. The second-order valence-electron chi connectivity index (χ2n) is 5.51. The molecule has 21 heavy (non-hydrogen) atoms. The Bertz CT molecular complexity index is 616. The van der Waals surface area contributed by atoms with Gasteiger partial charge in [-0.15, -0.1) is 0 Å². The highest BCUT2D eigenvalue weighted by Crippen LogP contribution is 2.27. The van der Waals surface area contributed by atoms with Gasteiger partial charge in [-0.1, -0.05) is 13.3 Å². The van der Waals surface area contributed by atoms with Crippen molar-refractivity contribution in [3.8, 4) is 5.82 Å². The second kappa shape index (κ2) is 5.29. The van der Waals surface area contributed by atoms with Crippen molar-refractivity contribution in [1.29, 1.82) is 0 Å². The Hall–Kier alpha value is -2.21. The minimum atomic E-state index is -0.700. The Kier molecular flexibility index (Phi) is 3.47. The van der Waals surface area contributed by atoms with Gasteiger partial charge in [0.05, 0.1) is 24.3 Å². The van der Waals surface area contributed by atoms with Crippen LogP contribution in [0.1, 0.15) is 30.1 Å². The quantitative estimate of drug-likeness (QED) is 0.918. The normalized spacial score (nSPS) is 16.6. The third-order valence-electron chi connectivity index (χ3n) is 3.74. The van der Waals surface area contributed by atoms with E-state index in [4.69, 9.17) is 0 Å². The topological polar surface area (TPSA) is 71.2 Å². The molecule has 0 radical (unpaired) electrons. The fraction of sp³-hybridized carbons (Fsp3) is 0.400. The third-order valence-corrected chi connectivity index (χ3v) is 3.74. The zero-order valence-corrected chi connectivity index (χ0v) is 11.9. The predicted octanol–water partition coefficient (Wildman–Crippen LogP) is 1.25. The Balaban J connectivity index is 1.67. The third kappa shape index (κ3) is 2.67. The number of hydrogen-bond donors (Lipinski definition) is 1. The van der Waals surface area contributed by atoms with Crippen LogP contribution in [0.15, 0.2) is 37.1 Å². The van der Waals surface area contributed by atoms with Crippen LogP contribution < -0.4 is 0 Å². The monoisotopic (exact) mass is 286 g/mol.